The van der Waals surface area contributed by atoms with Crippen molar-refractivity contribution in [2.24, 2.45) is 0 Å². The van der Waals surface area contributed by atoms with Crippen molar-refractivity contribution >= 4 is 11.6 Å². The average molecular weight is 251 g/mol. The summed E-state index contributed by atoms with van der Waals surface area (Å²) in [6.07, 6.45) is 0. The molecule has 0 saturated carbocycles. The fraction of sp³-hybridized carbons (Fsp3) is 0.417. The molecule has 0 spiro atoms. The van der Waals surface area contributed by atoms with Crippen molar-refractivity contribution in [2.45, 2.75) is 13.0 Å². The van der Waals surface area contributed by atoms with Gasteiger partial charge in [0.05, 0.1) is 11.5 Å². The predicted octanol–water partition coefficient (Wildman–Crippen LogP) is 1.33. The molecule has 6 heteroatoms. The van der Waals surface area contributed by atoms with Gasteiger partial charge in [0.1, 0.15) is 0 Å². The molecule has 1 aromatic carbocycles. The number of nitrogens with one attached hydrogen (secondary N) is 1. The first-order valence-electron chi connectivity index (χ1n) is 5.60. The van der Waals surface area contributed by atoms with E-state index in [4.69, 9.17) is 0 Å². The number of likely N-dealkylation sites (N-methyl/N-ethyl adjacent to an activating group) is 1. The lowest BCUT2D eigenvalue weighted by Crippen LogP contribution is -2.34. The molecule has 0 radical (unpaired) electrons. The van der Waals surface area contributed by atoms with Gasteiger partial charge in [0.15, 0.2) is 0 Å². The van der Waals surface area contributed by atoms with E-state index < -0.39 is 4.92 Å². The SMILES string of the molecule is CC(NCC(=O)N(C)C)c1ccccc1[N+](=O)[O-]. The van der Waals surface area contributed by atoms with E-state index in [9.17, 15) is 14.9 Å². The molecule has 1 atom stereocenters. The first-order valence-corrected chi connectivity index (χ1v) is 5.60. The third kappa shape index (κ3) is 3.53. The molecule has 0 heterocycles. The zero-order chi connectivity index (χ0) is 13.7. The summed E-state index contributed by atoms with van der Waals surface area (Å²) in [4.78, 5) is 23.4. The monoisotopic (exact) mass is 251 g/mol. The van der Waals surface area contributed by atoms with E-state index in [1.54, 1.807) is 39.2 Å². The molecular formula is C12H17N3O3. The lowest BCUT2D eigenvalue weighted by molar-refractivity contribution is -0.385. The van der Waals surface area contributed by atoms with Gasteiger partial charge in [-0.25, -0.2) is 0 Å². The molecule has 1 aromatic rings. The smallest absolute Gasteiger partial charge is 0.274 e. The van der Waals surface area contributed by atoms with E-state index in [0.29, 0.717) is 5.56 Å². The number of nitrogens with zero attached hydrogens (tertiary/aromatic N) is 2. The van der Waals surface area contributed by atoms with Crippen LogP contribution in [0.15, 0.2) is 24.3 Å². The topological polar surface area (TPSA) is 75.5 Å². The van der Waals surface area contributed by atoms with E-state index in [-0.39, 0.29) is 24.2 Å². The highest BCUT2D eigenvalue weighted by Crippen LogP contribution is 2.24. The zero-order valence-corrected chi connectivity index (χ0v) is 10.7. The number of nitro groups is 1. The lowest BCUT2D eigenvalue weighted by atomic mass is 10.1. The van der Waals surface area contributed by atoms with Crippen LogP contribution < -0.4 is 5.32 Å². The molecule has 18 heavy (non-hydrogen) atoms. The molecule has 0 fully saturated rings. The maximum Gasteiger partial charge on any atom is 0.274 e. The fourth-order valence-corrected chi connectivity index (χ4v) is 1.53. The summed E-state index contributed by atoms with van der Waals surface area (Å²) in [7, 11) is 3.33. The van der Waals surface area contributed by atoms with Crippen LogP contribution in [0.25, 0.3) is 0 Å². The van der Waals surface area contributed by atoms with Crippen LogP contribution in [0, 0.1) is 10.1 Å². The molecule has 0 bridgehead atoms. The summed E-state index contributed by atoms with van der Waals surface area (Å²) in [5, 5.41) is 13.9. The third-order valence-electron chi connectivity index (χ3n) is 2.66. The highest BCUT2D eigenvalue weighted by molar-refractivity contribution is 5.77. The number of hydrogen-bond donors (Lipinski definition) is 1. The average Bonchev–Trinajstić information content (AvgIpc) is 2.35. The van der Waals surface area contributed by atoms with E-state index in [2.05, 4.69) is 5.32 Å². The normalized spacial score (nSPS) is 11.9. The van der Waals surface area contributed by atoms with Crippen LogP contribution in [-0.4, -0.2) is 36.4 Å². The van der Waals surface area contributed by atoms with Crippen LogP contribution in [-0.2, 0) is 4.79 Å². The van der Waals surface area contributed by atoms with Gasteiger partial charge in [0.2, 0.25) is 5.91 Å². The Morgan fingerprint density at radius 1 is 1.44 bits per heavy atom. The largest absolute Gasteiger partial charge is 0.348 e. The quantitative estimate of drug-likeness (QED) is 0.632. The molecule has 6 nitrogen and oxygen atoms in total. The zero-order valence-electron chi connectivity index (χ0n) is 10.7. The number of carbonyl (C=O) groups excluding carboxylic acids is 1. The molecule has 0 aliphatic heterocycles. The van der Waals surface area contributed by atoms with Crippen LogP contribution in [0.5, 0.6) is 0 Å². The molecule has 98 valence electrons. The Hall–Kier alpha value is -1.95. The summed E-state index contributed by atoms with van der Waals surface area (Å²) in [6, 6.07) is 6.26. The second kappa shape index (κ2) is 6.11. The first-order chi connectivity index (χ1) is 8.43. The summed E-state index contributed by atoms with van der Waals surface area (Å²) >= 11 is 0. The second-order valence-electron chi connectivity index (χ2n) is 4.21. The Balaban J connectivity index is 2.75. The molecule has 0 aliphatic carbocycles. The van der Waals surface area contributed by atoms with E-state index in [1.807, 2.05) is 0 Å². The van der Waals surface area contributed by atoms with Crippen LogP contribution >= 0.6 is 0 Å². The number of rotatable bonds is 5. The Bertz CT molecular complexity index is 446. The summed E-state index contributed by atoms with van der Waals surface area (Å²) in [5.41, 5.74) is 0.642. The van der Waals surface area contributed by atoms with Gasteiger partial charge in [-0.15, -0.1) is 0 Å². The van der Waals surface area contributed by atoms with Crippen molar-refractivity contribution in [3.63, 3.8) is 0 Å². The van der Waals surface area contributed by atoms with Crippen LogP contribution in [0.4, 0.5) is 5.69 Å². The highest BCUT2D eigenvalue weighted by atomic mass is 16.6. The van der Waals surface area contributed by atoms with Gasteiger partial charge in [0.25, 0.3) is 5.69 Å². The van der Waals surface area contributed by atoms with Crippen LogP contribution in [0.1, 0.15) is 18.5 Å². The molecule has 1 amide bonds. The molecule has 1 N–H and O–H groups in total. The summed E-state index contributed by atoms with van der Waals surface area (Å²) < 4.78 is 0. The van der Waals surface area contributed by atoms with Crippen LogP contribution in [0.3, 0.4) is 0 Å². The maximum absolute atomic E-state index is 11.4. The standard InChI is InChI=1S/C12H17N3O3/c1-9(13-8-12(16)14(2)3)10-6-4-5-7-11(10)15(17)18/h4-7,9,13H,8H2,1-3H3. The molecule has 0 aliphatic rings. The van der Waals surface area contributed by atoms with Gasteiger partial charge in [-0.1, -0.05) is 18.2 Å². The Kier molecular flexibility index (Phi) is 4.79. The number of hydrogen-bond acceptors (Lipinski definition) is 4. The summed E-state index contributed by atoms with van der Waals surface area (Å²) in [6.45, 7) is 1.95. The lowest BCUT2D eigenvalue weighted by Gasteiger charge is -2.16. The molecule has 0 aromatic heterocycles. The minimum atomic E-state index is -0.415. The Morgan fingerprint density at radius 3 is 2.61 bits per heavy atom. The van der Waals surface area contributed by atoms with Crippen molar-refractivity contribution in [1.29, 1.82) is 0 Å². The molecular weight excluding hydrogens is 234 g/mol. The van der Waals surface area contributed by atoms with Crippen molar-refractivity contribution < 1.29 is 9.72 Å². The van der Waals surface area contributed by atoms with Gasteiger partial charge in [-0.2, -0.15) is 0 Å². The minimum Gasteiger partial charge on any atom is -0.348 e. The number of amides is 1. The van der Waals surface area contributed by atoms with Crippen molar-refractivity contribution in [3.8, 4) is 0 Å². The van der Waals surface area contributed by atoms with Gasteiger partial charge in [0, 0.05) is 31.8 Å². The van der Waals surface area contributed by atoms with E-state index in [1.165, 1.54) is 11.0 Å². The van der Waals surface area contributed by atoms with Crippen molar-refractivity contribution in [3.05, 3.63) is 39.9 Å². The van der Waals surface area contributed by atoms with E-state index in [0.717, 1.165) is 0 Å². The maximum atomic E-state index is 11.4. The molecule has 1 unspecified atom stereocenters. The van der Waals surface area contributed by atoms with E-state index >= 15 is 0 Å². The van der Waals surface area contributed by atoms with Crippen molar-refractivity contribution in [1.82, 2.24) is 10.2 Å². The van der Waals surface area contributed by atoms with Crippen molar-refractivity contribution in [2.75, 3.05) is 20.6 Å². The molecule has 1 rings (SSSR count). The Labute approximate surface area is 106 Å². The fourth-order valence-electron chi connectivity index (χ4n) is 1.53. The second-order valence-corrected chi connectivity index (χ2v) is 4.21. The molecule has 0 saturated heterocycles. The minimum absolute atomic E-state index is 0.0646. The Morgan fingerprint density at radius 2 is 2.06 bits per heavy atom. The van der Waals surface area contributed by atoms with Gasteiger partial charge < -0.3 is 10.2 Å². The number of benzene rings is 1. The van der Waals surface area contributed by atoms with Gasteiger partial charge in [-0.05, 0) is 6.92 Å². The predicted molar refractivity (Wildman–Crippen MR) is 68.2 cm³/mol. The van der Waals surface area contributed by atoms with Gasteiger partial charge >= 0.3 is 0 Å². The van der Waals surface area contributed by atoms with Gasteiger partial charge in [-0.3, -0.25) is 14.9 Å². The van der Waals surface area contributed by atoms with Crippen LogP contribution in [0.2, 0.25) is 0 Å². The number of carbonyl (C=O) groups is 1. The highest BCUT2D eigenvalue weighted by Gasteiger charge is 2.18. The number of para-hydroxylation sites is 1. The number of nitro benzene ring substituents is 1. The third-order valence-corrected chi connectivity index (χ3v) is 2.66. The first kappa shape index (κ1) is 14.1. The summed E-state index contributed by atoms with van der Waals surface area (Å²) in [5.74, 6) is -0.0690.